The molecule has 1 aromatic rings. The highest BCUT2D eigenvalue weighted by Gasteiger charge is 2.17. The van der Waals surface area contributed by atoms with E-state index >= 15 is 0 Å². The number of primary sulfonamides is 1. The van der Waals surface area contributed by atoms with Gasteiger partial charge >= 0.3 is 0 Å². The van der Waals surface area contributed by atoms with Crippen LogP contribution in [0.15, 0.2) is 29.2 Å². The second-order valence-corrected chi connectivity index (χ2v) is 6.95. The van der Waals surface area contributed by atoms with E-state index in [4.69, 9.17) is 15.6 Å². The number of hydrogen-bond donors (Lipinski definition) is 2. The van der Waals surface area contributed by atoms with Gasteiger partial charge in [-0.05, 0) is 62.7 Å². The molecular weight excluding hydrogens is 326 g/mol. The third-order valence-electron chi connectivity index (χ3n) is 3.87. The van der Waals surface area contributed by atoms with E-state index in [1.54, 1.807) is 12.1 Å². The molecule has 2 rings (SSSR count). The maximum atomic E-state index is 11.1. The molecule has 0 bridgehead atoms. The van der Waals surface area contributed by atoms with Crippen molar-refractivity contribution in [2.75, 3.05) is 32.8 Å². The largest absolute Gasteiger partial charge is 0.492 e. The first kappa shape index (κ1) is 19.2. The molecule has 0 atom stereocenters. The molecule has 1 fully saturated rings. The fourth-order valence-electron chi connectivity index (χ4n) is 2.46. The number of benzene rings is 1. The van der Waals surface area contributed by atoms with Crippen LogP contribution in [0.3, 0.4) is 0 Å². The Balaban J connectivity index is 0.00000242. The van der Waals surface area contributed by atoms with Crippen molar-refractivity contribution >= 4 is 22.4 Å². The molecule has 1 aromatic carbocycles. The molecule has 0 saturated carbocycles. The number of rotatable bonds is 6. The van der Waals surface area contributed by atoms with Crippen molar-refractivity contribution in [3.8, 4) is 5.75 Å². The lowest BCUT2D eigenvalue weighted by molar-refractivity contribution is 0.157. The molecule has 0 amide bonds. The van der Waals surface area contributed by atoms with Crippen LogP contribution in [0, 0.1) is 5.92 Å². The average Bonchev–Trinajstić information content (AvgIpc) is 2.47. The Morgan fingerprint density at radius 2 is 1.77 bits per heavy atom. The number of hydrogen-bond acceptors (Lipinski definition) is 5. The van der Waals surface area contributed by atoms with E-state index in [2.05, 4.69) is 4.90 Å². The second kappa shape index (κ2) is 8.69. The summed E-state index contributed by atoms with van der Waals surface area (Å²) in [5.74, 6) is 1.31. The molecule has 1 saturated heterocycles. The first-order valence-corrected chi connectivity index (χ1v) is 8.72. The Morgan fingerprint density at radius 3 is 2.27 bits per heavy atom. The van der Waals surface area contributed by atoms with Gasteiger partial charge in [0.25, 0.3) is 0 Å². The van der Waals surface area contributed by atoms with Crippen LogP contribution in [0.25, 0.3) is 0 Å². The van der Waals surface area contributed by atoms with Crippen LogP contribution in [0.4, 0.5) is 0 Å². The van der Waals surface area contributed by atoms with Crippen molar-refractivity contribution in [3.63, 3.8) is 0 Å². The summed E-state index contributed by atoms with van der Waals surface area (Å²) in [6.07, 6.45) is 2.30. The number of sulfonamides is 1. The smallest absolute Gasteiger partial charge is 0.238 e. The van der Waals surface area contributed by atoms with E-state index in [0.29, 0.717) is 18.3 Å². The molecule has 22 heavy (non-hydrogen) atoms. The molecule has 1 aliphatic heterocycles. The molecule has 4 N–H and O–H groups in total. The quantitative estimate of drug-likeness (QED) is 0.791. The second-order valence-electron chi connectivity index (χ2n) is 5.39. The molecule has 0 spiro atoms. The van der Waals surface area contributed by atoms with Crippen molar-refractivity contribution in [3.05, 3.63) is 24.3 Å². The van der Waals surface area contributed by atoms with E-state index in [0.717, 1.165) is 39.0 Å². The van der Waals surface area contributed by atoms with Gasteiger partial charge in [-0.1, -0.05) is 0 Å². The van der Waals surface area contributed by atoms with E-state index in [1.807, 2.05) is 0 Å². The van der Waals surface area contributed by atoms with Gasteiger partial charge in [-0.3, -0.25) is 4.90 Å². The number of halogens is 1. The Hall–Kier alpha value is -0.860. The summed E-state index contributed by atoms with van der Waals surface area (Å²) in [4.78, 5) is 2.46. The number of likely N-dealkylation sites (tertiary alicyclic amines) is 1. The summed E-state index contributed by atoms with van der Waals surface area (Å²) >= 11 is 0. The van der Waals surface area contributed by atoms with Gasteiger partial charge < -0.3 is 10.5 Å². The Morgan fingerprint density at radius 1 is 1.18 bits per heavy atom. The van der Waals surface area contributed by atoms with E-state index in [-0.39, 0.29) is 17.3 Å². The monoisotopic (exact) mass is 349 g/mol. The Bertz CT molecular complexity index is 543. The normalized spacial score (nSPS) is 17.0. The third kappa shape index (κ3) is 5.73. The van der Waals surface area contributed by atoms with Gasteiger partial charge in [0.15, 0.2) is 0 Å². The molecule has 126 valence electrons. The van der Waals surface area contributed by atoms with Crippen molar-refractivity contribution in [1.29, 1.82) is 0 Å². The minimum Gasteiger partial charge on any atom is -0.492 e. The lowest BCUT2D eigenvalue weighted by atomic mass is 9.97. The number of ether oxygens (including phenoxy) is 1. The zero-order valence-corrected chi connectivity index (χ0v) is 14.1. The van der Waals surface area contributed by atoms with E-state index < -0.39 is 10.0 Å². The standard InChI is InChI=1S/C14H23N3O3S.ClH/c15-11-12-5-7-17(8-6-12)9-10-20-13-1-3-14(4-2-13)21(16,18)19;/h1-4,12H,5-11,15H2,(H2,16,18,19);1H. The first-order valence-electron chi connectivity index (χ1n) is 7.17. The van der Waals surface area contributed by atoms with Crippen LogP contribution >= 0.6 is 12.4 Å². The summed E-state index contributed by atoms with van der Waals surface area (Å²) in [6.45, 7) is 4.36. The summed E-state index contributed by atoms with van der Waals surface area (Å²) in [6, 6.07) is 6.16. The zero-order chi connectivity index (χ0) is 15.3. The minimum atomic E-state index is -3.64. The highest BCUT2D eigenvalue weighted by molar-refractivity contribution is 7.89. The summed E-state index contributed by atoms with van der Waals surface area (Å²) < 4.78 is 27.9. The van der Waals surface area contributed by atoms with Gasteiger partial charge in [0.05, 0.1) is 4.90 Å². The number of nitrogens with two attached hydrogens (primary N) is 2. The van der Waals surface area contributed by atoms with Gasteiger partial charge in [0.2, 0.25) is 10.0 Å². The molecule has 1 heterocycles. The number of piperidine rings is 1. The fourth-order valence-corrected chi connectivity index (χ4v) is 2.98. The topological polar surface area (TPSA) is 98.6 Å². The highest BCUT2D eigenvalue weighted by Crippen LogP contribution is 2.17. The molecule has 8 heteroatoms. The maximum Gasteiger partial charge on any atom is 0.238 e. The van der Waals surface area contributed by atoms with Gasteiger partial charge in [-0.15, -0.1) is 12.4 Å². The molecular formula is C14H24ClN3O3S. The van der Waals surface area contributed by atoms with Crippen LogP contribution in [-0.2, 0) is 10.0 Å². The SMILES string of the molecule is Cl.NCC1CCN(CCOc2ccc(S(N)(=O)=O)cc2)CC1. The number of nitrogens with zero attached hydrogens (tertiary/aromatic N) is 1. The minimum absolute atomic E-state index is 0. The third-order valence-corrected chi connectivity index (χ3v) is 4.80. The van der Waals surface area contributed by atoms with Gasteiger partial charge in [0, 0.05) is 6.54 Å². The molecule has 0 radical (unpaired) electrons. The summed E-state index contributed by atoms with van der Waals surface area (Å²) in [5.41, 5.74) is 5.67. The first-order chi connectivity index (χ1) is 9.99. The average molecular weight is 350 g/mol. The molecule has 0 aromatic heterocycles. The predicted molar refractivity (Wildman–Crippen MR) is 88.8 cm³/mol. The van der Waals surface area contributed by atoms with Crippen LogP contribution in [-0.4, -0.2) is 46.1 Å². The Kier molecular flexibility index (Phi) is 7.58. The molecule has 0 aliphatic carbocycles. The van der Waals surface area contributed by atoms with Crippen molar-refractivity contribution in [2.24, 2.45) is 16.8 Å². The van der Waals surface area contributed by atoms with Gasteiger partial charge in [-0.25, -0.2) is 13.6 Å². The van der Waals surface area contributed by atoms with Gasteiger partial charge in [-0.2, -0.15) is 0 Å². The lowest BCUT2D eigenvalue weighted by Crippen LogP contribution is -2.38. The Labute approximate surface area is 138 Å². The fraction of sp³-hybridized carbons (Fsp3) is 0.571. The molecule has 6 nitrogen and oxygen atoms in total. The molecule has 0 unspecified atom stereocenters. The van der Waals surface area contributed by atoms with Gasteiger partial charge in [0.1, 0.15) is 12.4 Å². The van der Waals surface area contributed by atoms with Crippen LogP contribution < -0.4 is 15.6 Å². The van der Waals surface area contributed by atoms with Crippen molar-refractivity contribution in [1.82, 2.24) is 4.90 Å². The van der Waals surface area contributed by atoms with Crippen LogP contribution in [0.1, 0.15) is 12.8 Å². The van der Waals surface area contributed by atoms with Crippen LogP contribution in [0.5, 0.6) is 5.75 Å². The van der Waals surface area contributed by atoms with Crippen molar-refractivity contribution in [2.45, 2.75) is 17.7 Å². The maximum absolute atomic E-state index is 11.1. The highest BCUT2D eigenvalue weighted by atomic mass is 35.5. The summed E-state index contributed by atoms with van der Waals surface area (Å²) in [7, 11) is -3.64. The predicted octanol–water partition coefficient (Wildman–Crippen LogP) is 0.805. The van der Waals surface area contributed by atoms with Crippen LogP contribution in [0.2, 0.25) is 0 Å². The van der Waals surface area contributed by atoms with E-state index in [9.17, 15) is 8.42 Å². The van der Waals surface area contributed by atoms with E-state index in [1.165, 1.54) is 12.1 Å². The van der Waals surface area contributed by atoms with Crippen molar-refractivity contribution < 1.29 is 13.2 Å². The summed E-state index contributed by atoms with van der Waals surface area (Å²) in [5, 5.41) is 5.04. The lowest BCUT2D eigenvalue weighted by Gasteiger charge is -2.31. The molecule has 1 aliphatic rings. The zero-order valence-electron chi connectivity index (χ0n) is 12.5.